The Bertz CT molecular complexity index is 1260. The van der Waals surface area contributed by atoms with Crippen molar-refractivity contribution in [3.05, 3.63) is 64.2 Å². The lowest BCUT2D eigenvalue weighted by Gasteiger charge is -2.18. The minimum absolute atomic E-state index is 0.0980. The van der Waals surface area contributed by atoms with Crippen molar-refractivity contribution in [2.24, 2.45) is 7.05 Å². The summed E-state index contributed by atoms with van der Waals surface area (Å²) in [6.45, 7) is 3.60. The number of carbonyl (C=O) groups excluding carboxylic acids is 3. The number of hydrogen-bond donors (Lipinski definition) is 0. The molecule has 0 saturated heterocycles. The van der Waals surface area contributed by atoms with Gasteiger partial charge in [-0.3, -0.25) is 19.4 Å². The predicted molar refractivity (Wildman–Crippen MR) is 122 cm³/mol. The standard InChI is InChI=1S/C24H25N3O6/c1-5-32-18(28)14-26(3)22(29)16-11-9-15(10-12-16)19-17-8-7-13-25-20(17)23(30)27(4)21(19)24(31)33-6-2/h7-13H,5-6,14H2,1-4H3. The van der Waals surface area contributed by atoms with E-state index < -0.39 is 17.5 Å². The highest BCUT2D eigenvalue weighted by Crippen LogP contribution is 2.30. The minimum Gasteiger partial charge on any atom is -0.465 e. The van der Waals surface area contributed by atoms with E-state index in [1.165, 1.54) is 29.8 Å². The van der Waals surface area contributed by atoms with Crippen molar-refractivity contribution >= 4 is 28.7 Å². The SMILES string of the molecule is CCOC(=O)CN(C)C(=O)c1ccc(-c2c(C(=O)OCC)n(C)c(=O)c3ncccc23)cc1. The van der Waals surface area contributed by atoms with Crippen molar-refractivity contribution in [3.63, 3.8) is 0 Å². The molecule has 0 saturated carbocycles. The van der Waals surface area contributed by atoms with Gasteiger partial charge >= 0.3 is 11.9 Å². The Kier molecular flexibility index (Phi) is 7.22. The highest BCUT2D eigenvalue weighted by atomic mass is 16.5. The number of amides is 1. The van der Waals surface area contributed by atoms with Crippen LogP contribution in [0.5, 0.6) is 0 Å². The molecular weight excluding hydrogens is 426 g/mol. The number of benzene rings is 1. The smallest absolute Gasteiger partial charge is 0.355 e. The van der Waals surface area contributed by atoms with Crippen molar-refractivity contribution in [3.8, 4) is 11.1 Å². The Hall–Kier alpha value is -4.01. The first-order valence-electron chi connectivity index (χ1n) is 10.5. The van der Waals surface area contributed by atoms with E-state index in [1.807, 2.05) is 0 Å². The summed E-state index contributed by atoms with van der Waals surface area (Å²) >= 11 is 0. The van der Waals surface area contributed by atoms with Gasteiger partial charge in [0.25, 0.3) is 11.5 Å². The van der Waals surface area contributed by atoms with Gasteiger partial charge in [-0.05, 0) is 37.6 Å². The number of fused-ring (bicyclic) bond motifs is 1. The minimum atomic E-state index is -0.632. The zero-order chi connectivity index (χ0) is 24.1. The number of pyridine rings is 2. The second kappa shape index (κ2) is 10.1. The first-order chi connectivity index (χ1) is 15.8. The van der Waals surface area contributed by atoms with Gasteiger partial charge in [0.1, 0.15) is 17.8 Å². The zero-order valence-electron chi connectivity index (χ0n) is 19.0. The Morgan fingerprint density at radius 1 is 1.03 bits per heavy atom. The van der Waals surface area contributed by atoms with Crippen molar-refractivity contribution in [2.45, 2.75) is 13.8 Å². The summed E-state index contributed by atoms with van der Waals surface area (Å²) in [6, 6.07) is 9.96. The number of hydrogen-bond acceptors (Lipinski definition) is 7. The summed E-state index contributed by atoms with van der Waals surface area (Å²) in [5, 5.41) is 0.502. The van der Waals surface area contributed by atoms with Gasteiger partial charge < -0.3 is 18.9 Å². The lowest BCUT2D eigenvalue weighted by molar-refractivity contribution is -0.143. The van der Waals surface area contributed by atoms with Crippen LogP contribution in [-0.2, 0) is 21.3 Å². The highest BCUT2D eigenvalue weighted by Gasteiger charge is 2.24. The van der Waals surface area contributed by atoms with Crippen LogP contribution in [0.3, 0.4) is 0 Å². The lowest BCUT2D eigenvalue weighted by atomic mass is 9.97. The second-order valence-electron chi connectivity index (χ2n) is 7.25. The first-order valence-corrected chi connectivity index (χ1v) is 10.5. The monoisotopic (exact) mass is 451 g/mol. The molecule has 0 aliphatic heterocycles. The van der Waals surface area contributed by atoms with Crippen LogP contribution in [0.25, 0.3) is 22.0 Å². The molecule has 0 N–H and O–H groups in total. The topological polar surface area (TPSA) is 108 Å². The summed E-state index contributed by atoms with van der Waals surface area (Å²) in [6.07, 6.45) is 1.51. The summed E-state index contributed by atoms with van der Waals surface area (Å²) in [7, 11) is 3.01. The quantitative estimate of drug-likeness (QED) is 0.508. The summed E-state index contributed by atoms with van der Waals surface area (Å²) in [5.74, 6) is -1.48. The van der Waals surface area contributed by atoms with E-state index in [0.717, 1.165) is 0 Å². The van der Waals surface area contributed by atoms with Gasteiger partial charge in [0.05, 0.1) is 13.2 Å². The third-order valence-corrected chi connectivity index (χ3v) is 5.06. The van der Waals surface area contributed by atoms with Gasteiger partial charge in [-0.1, -0.05) is 18.2 Å². The third kappa shape index (κ3) is 4.77. The fourth-order valence-corrected chi connectivity index (χ4v) is 3.54. The van der Waals surface area contributed by atoms with Crippen LogP contribution in [0.1, 0.15) is 34.7 Å². The molecule has 0 spiro atoms. The van der Waals surface area contributed by atoms with E-state index in [-0.39, 0.29) is 36.9 Å². The number of ether oxygens (including phenoxy) is 2. The molecule has 3 rings (SSSR count). The maximum atomic E-state index is 12.8. The Labute approximate surface area is 190 Å². The van der Waals surface area contributed by atoms with E-state index >= 15 is 0 Å². The normalized spacial score (nSPS) is 10.7. The molecule has 0 atom stereocenters. The van der Waals surface area contributed by atoms with Crippen molar-refractivity contribution in [1.29, 1.82) is 0 Å². The van der Waals surface area contributed by atoms with Crippen LogP contribution in [0, 0.1) is 0 Å². The molecule has 0 unspecified atom stereocenters. The molecule has 0 fully saturated rings. The molecule has 1 aromatic carbocycles. The summed E-state index contributed by atoms with van der Waals surface area (Å²) in [5.41, 5.74) is 1.35. The maximum Gasteiger partial charge on any atom is 0.355 e. The molecular formula is C24H25N3O6. The van der Waals surface area contributed by atoms with Crippen molar-refractivity contribution in [1.82, 2.24) is 14.5 Å². The van der Waals surface area contributed by atoms with Gasteiger partial charge in [-0.25, -0.2) is 4.79 Å². The first kappa shape index (κ1) is 23.6. The van der Waals surface area contributed by atoms with E-state index in [0.29, 0.717) is 22.1 Å². The number of carbonyl (C=O) groups is 3. The van der Waals surface area contributed by atoms with Crippen LogP contribution in [-0.4, -0.2) is 59.1 Å². The van der Waals surface area contributed by atoms with E-state index in [2.05, 4.69) is 4.98 Å². The molecule has 2 heterocycles. The molecule has 1 amide bonds. The van der Waals surface area contributed by atoms with Gasteiger partial charge in [-0.2, -0.15) is 0 Å². The van der Waals surface area contributed by atoms with Gasteiger partial charge in [0.15, 0.2) is 0 Å². The molecule has 0 bridgehead atoms. The predicted octanol–water partition coefficient (Wildman–Crippen LogP) is 2.41. The molecule has 33 heavy (non-hydrogen) atoms. The molecule has 172 valence electrons. The highest BCUT2D eigenvalue weighted by molar-refractivity contribution is 6.06. The number of aromatic nitrogens is 2. The number of esters is 2. The lowest BCUT2D eigenvalue weighted by Crippen LogP contribution is -2.33. The van der Waals surface area contributed by atoms with Crippen LogP contribution < -0.4 is 5.56 Å². The van der Waals surface area contributed by atoms with Crippen LogP contribution >= 0.6 is 0 Å². The molecule has 3 aromatic rings. The molecule has 0 aliphatic rings. The molecule has 2 aromatic heterocycles. The molecule has 9 heteroatoms. The fourth-order valence-electron chi connectivity index (χ4n) is 3.54. The molecule has 0 radical (unpaired) electrons. The largest absolute Gasteiger partial charge is 0.465 e. The average Bonchev–Trinajstić information content (AvgIpc) is 2.81. The number of likely N-dealkylation sites (N-methyl/N-ethyl adjacent to an activating group) is 1. The summed E-state index contributed by atoms with van der Waals surface area (Å²) < 4.78 is 11.3. The van der Waals surface area contributed by atoms with Crippen LogP contribution in [0.2, 0.25) is 0 Å². The van der Waals surface area contributed by atoms with E-state index in [9.17, 15) is 19.2 Å². The third-order valence-electron chi connectivity index (χ3n) is 5.06. The Balaban J connectivity index is 2.08. The second-order valence-corrected chi connectivity index (χ2v) is 7.25. The van der Waals surface area contributed by atoms with Gasteiger partial charge in [0, 0.05) is 36.8 Å². The molecule has 0 aliphatic carbocycles. The Morgan fingerprint density at radius 3 is 2.33 bits per heavy atom. The average molecular weight is 451 g/mol. The fraction of sp³-hybridized carbons (Fsp3) is 0.292. The Morgan fingerprint density at radius 2 is 1.70 bits per heavy atom. The number of nitrogens with zero attached hydrogens (tertiary/aromatic N) is 3. The van der Waals surface area contributed by atoms with Crippen molar-refractivity contribution < 1.29 is 23.9 Å². The van der Waals surface area contributed by atoms with E-state index in [1.54, 1.807) is 50.2 Å². The van der Waals surface area contributed by atoms with Gasteiger partial charge in [0.2, 0.25) is 0 Å². The zero-order valence-corrected chi connectivity index (χ0v) is 19.0. The van der Waals surface area contributed by atoms with E-state index in [4.69, 9.17) is 9.47 Å². The maximum absolute atomic E-state index is 12.8. The molecule has 9 nitrogen and oxygen atoms in total. The summed E-state index contributed by atoms with van der Waals surface area (Å²) in [4.78, 5) is 55.4. The van der Waals surface area contributed by atoms with Crippen LogP contribution in [0.4, 0.5) is 0 Å². The van der Waals surface area contributed by atoms with Gasteiger partial charge in [-0.15, -0.1) is 0 Å². The van der Waals surface area contributed by atoms with Crippen molar-refractivity contribution in [2.75, 3.05) is 26.8 Å². The number of rotatable bonds is 7. The van der Waals surface area contributed by atoms with Crippen LogP contribution in [0.15, 0.2) is 47.4 Å².